The molecule has 1 nitrogen and oxygen atoms in total. The average molecular weight is 284 g/mol. The van der Waals surface area contributed by atoms with Crippen LogP contribution in [0.1, 0.15) is 49.4 Å². The molecule has 0 amide bonds. The van der Waals surface area contributed by atoms with E-state index in [1.165, 1.54) is 34.0 Å². The fourth-order valence-electron chi connectivity index (χ4n) is 2.10. The Labute approximate surface area is 108 Å². The van der Waals surface area contributed by atoms with Gasteiger partial charge >= 0.3 is 0 Å². The number of hydrogen-bond donors (Lipinski definition) is 1. The monoisotopic (exact) mass is 283 g/mol. The van der Waals surface area contributed by atoms with E-state index in [0.29, 0.717) is 5.92 Å². The number of benzene rings is 1. The van der Waals surface area contributed by atoms with Gasteiger partial charge in [-0.2, -0.15) is 0 Å². The summed E-state index contributed by atoms with van der Waals surface area (Å²) in [5.74, 6) is 0.546. The summed E-state index contributed by atoms with van der Waals surface area (Å²) < 4.78 is 1.17. The summed E-state index contributed by atoms with van der Waals surface area (Å²) in [5.41, 5.74) is 10.2. The molecule has 0 radical (unpaired) electrons. The second-order valence-corrected chi connectivity index (χ2v) is 5.60. The molecule has 1 aromatic rings. The van der Waals surface area contributed by atoms with Crippen molar-refractivity contribution in [3.05, 3.63) is 33.3 Å². The first-order valence-electron chi connectivity index (χ1n) is 5.99. The summed E-state index contributed by atoms with van der Waals surface area (Å²) in [6, 6.07) is 4.55. The molecule has 2 unspecified atom stereocenters. The largest absolute Gasteiger partial charge is 0.324 e. The molecular weight excluding hydrogens is 262 g/mol. The average Bonchev–Trinajstić information content (AvgIpc) is 2.23. The lowest BCUT2D eigenvalue weighted by Crippen LogP contribution is -2.20. The Morgan fingerprint density at radius 2 is 1.88 bits per heavy atom. The Hall–Kier alpha value is -0.340. The van der Waals surface area contributed by atoms with E-state index in [2.05, 4.69) is 55.8 Å². The van der Waals surface area contributed by atoms with Crippen LogP contribution in [0.2, 0.25) is 0 Å². The van der Waals surface area contributed by atoms with Gasteiger partial charge in [0.15, 0.2) is 0 Å². The molecule has 0 heterocycles. The van der Waals surface area contributed by atoms with Crippen LogP contribution in [-0.4, -0.2) is 0 Å². The Balaban J connectivity index is 2.99. The summed E-state index contributed by atoms with van der Waals surface area (Å²) in [5, 5.41) is 0. The van der Waals surface area contributed by atoms with Gasteiger partial charge in [-0.1, -0.05) is 42.3 Å². The molecule has 0 aromatic heterocycles. The van der Waals surface area contributed by atoms with Crippen molar-refractivity contribution in [1.29, 1.82) is 0 Å². The van der Waals surface area contributed by atoms with Gasteiger partial charge in [0.25, 0.3) is 0 Å². The minimum atomic E-state index is 0.159. The molecule has 0 saturated carbocycles. The Bertz CT molecular complexity index is 360. The van der Waals surface area contributed by atoms with E-state index in [1.54, 1.807) is 0 Å². The third-order valence-electron chi connectivity index (χ3n) is 3.26. The zero-order valence-electron chi connectivity index (χ0n) is 10.7. The molecule has 1 rings (SSSR count). The minimum Gasteiger partial charge on any atom is -0.324 e. The van der Waals surface area contributed by atoms with E-state index in [9.17, 15) is 0 Å². The molecular formula is C14H22BrN. The van der Waals surface area contributed by atoms with Crippen LogP contribution < -0.4 is 5.73 Å². The zero-order valence-corrected chi connectivity index (χ0v) is 12.3. The first-order valence-corrected chi connectivity index (χ1v) is 6.78. The third kappa shape index (κ3) is 3.08. The quantitative estimate of drug-likeness (QED) is 0.865. The van der Waals surface area contributed by atoms with Crippen LogP contribution in [0.15, 0.2) is 16.6 Å². The number of aryl methyl sites for hydroxylation is 2. The summed E-state index contributed by atoms with van der Waals surface area (Å²) in [7, 11) is 0. The van der Waals surface area contributed by atoms with Crippen LogP contribution in [0.4, 0.5) is 0 Å². The van der Waals surface area contributed by atoms with Gasteiger partial charge < -0.3 is 5.73 Å². The predicted octanol–water partition coefficient (Wildman–Crippen LogP) is 4.50. The van der Waals surface area contributed by atoms with Crippen LogP contribution in [0.25, 0.3) is 0 Å². The van der Waals surface area contributed by atoms with E-state index in [1.807, 2.05) is 0 Å². The van der Waals surface area contributed by atoms with Gasteiger partial charge in [0.1, 0.15) is 0 Å². The van der Waals surface area contributed by atoms with Crippen molar-refractivity contribution in [3.8, 4) is 0 Å². The normalized spacial score (nSPS) is 14.9. The van der Waals surface area contributed by atoms with Crippen molar-refractivity contribution < 1.29 is 0 Å². The van der Waals surface area contributed by atoms with Crippen LogP contribution >= 0.6 is 15.9 Å². The van der Waals surface area contributed by atoms with Crippen LogP contribution in [-0.2, 0) is 0 Å². The van der Waals surface area contributed by atoms with Gasteiger partial charge in [0, 0.05) is 10.5 Å². The highest BCUT2D eigenvalue weighted by atomic mass is 79.9. The second kappa shape index (κ2) is 5.83. The summed E-state index contributed by atoms with van der Waals surface area (Å²) in [6.07, 6.45) is 2.39. The molecule has 1 aromatic carbocycles. The van der Waals surface area contributed by atoms with Gasteiger partial charge in [-0.05, 0) is 48.9 Å². The standard InChI is InChI=1S/C14H22BrN/c1-5-6-9(2)14(16)12-7-11(4)13(15)8-10(12)3/h7-9,14H,5-6,16H2,1-4H3. The molecule has 0 saturated heterocycles. The first kappa shape index (κ1) is 13.7. The van der Waals surface area contributed by atoms with E-state index in [-0.39, 0.29) is 6.04 Å². The highest BCUT2D eigenvalue weighted by molar-refractivity contribution is 9.10. The lowest BCUT2D eigenvalue weighted by Gasteiger charge is -2.22. The topological polar surface area (TPSA) is 26.0 Å². The summed E-state index contributed by atoms with van der Waals surface area (Å²) in [6.45, 7) is 8.70. The van der Waals surface area contributed by atoms with E-state index >= 15 is 0 Å². The van der Waals surface area contributed by atoms with Crippen molar-refractivity contribution in [2.75, 3.05) is 0 Å². The van der Waals surface area contributed by atoms with Gasteiger partial charge in [-0.3, -0.25) is 0 Å². The molecule has 90 valence electrons. The molecule has 0 bridgehead atoms. The van der Waals surface area contributed by atoms with Crippen molar-refractivity contribution in [2.24, 2.45) is 11.7 Å². The van der Waals surface area contributed by atoms with Gasteiger partial charge in [0.2, 0.25) is 0 Å². The third-order valence-corrected chi connectivity index (χ3v) is 4.12. The van der Waals surface area contributed by atoms with Gasteiger partial charge in [-0.15, -0.1) is 0 Å². The minimum absolute atomic E-state index is 0.159. The Morgan fingerprint density at radius 3 is 2.44 bits per heavy atom. The number of nitrogens with two attached hydrogens (primary N) is 1. The van der Waals surface area contributed by atoms with Crippen molar-refractivity contribution in [1.82, 2.24) is 0 Å². The lowest BCUT2D eigenvalue weighted by molar-refractivity contribution is 0.432. The van der Waals surface area contributed by atoms with E-state index in [0.717, 1.165) is 0 Å². The maximum atomic E-state index is 6.33. The maximum Gasteiger partial charge on any atom is 0.0323 e. The molecule has 0 aliphatic carbocycles. The van der Waals surface area contributed by atoms with E-state index < -0.39 is 0 Å². The summed E-state index contributed by atoms with van der Waals surface area (Å²) in [4.78, 5) is 0. The predicted molar refractivity (Wildman–Crippen MR) is 74.6 cm³/mol. The Kier molecular flexibility index (Phi) is 5.00. The Morgan fingerprint density at radius 1 is 1.25 bits per heavy atom. The molecule has 0 fully saturated rings. The highest BCUT2D eigenvalue weighted by Gasteiger charge is 2.16. The molecule has 16 heavy (non-hydrogen) atoms. The molecule has 2 N–H and O–H groups in total. The smallest absolute Gasteiger partial charge is 0.0323 e. The van der Waals surface area contributed by atoms with Crippen molar-refractivity contribution >= 4 is 15.9 Å². The molecule has 0 aliphatic rings. The van der Waals surface area contributed by atoms with Crippen LogP contribution in [0.3, 0.4) is 0 Å². The first-order chi connectivity index (χ1) is 7.47. The number of halogens is 1. The van der Waals surface area contributed by atoms with Crippen LogP contribution in [0, 0.1) is 19.8 Å². The second-order valence-electron chi connectivity index (χ2n) is 4.75. The number of rotatable bonds is 4. The van der Waals surface area contributed by atoms with Crippen LogP contribution in [0.5, 0.6) is 0 Å². The van der Waals surface area contributed by atoms with Crippen molar-refractivity contribution in [2.45, 2.75) is 46.6 Å². The molecule has 0 spiro atoms. The summed E-state index contributed by atoms with van der Waals surface area (Å²) >= 11 is 3.56. The van der Waals surface area contributed by atoms with E-state index in [4.69, 9.17) is 5.73 Å². The lowest BCUT2D eigenvalue weighted by atomic mass is 9.88. The molecule has 0 aliphatic heterocycles. The zero-order chi connectivity index (χ0) is 12.3. The highest BCUT2D eigenvalue weighted by Crippen LogP contribution is 2.29. The van der Waals surface area contributed by atoms with Gasteiger partial charge in [-0.25, -0.2) is 0 Å². The maximum absolute atomic E-state index is 6.33. The molecule has 2 atom stereocenters. The number of hydrogen-bond acceptors (Lipinski definition) is 1. The molecule has 2 heteroatoms. The SMILES string of the molecule is CCCC(C)C(N)c1cc(C)c(Br)cc1C. The van der Waals surface area contributed by atoms with Crippen molar-refractivity contribution in [3.63, 3.8) is 0 Å². The van der Waals surface area contributed by atoms with Gasteiger partial charge in [0.05, 0.1) is 0 Å². The fraction of sp³-hybridized carbons (Fsp3) is 0.571. The fourth-order valence-corrected chi connectivity index (χ4v) is 2.56.